The summed E-state index contributed by atoms with van der Waals surface area (Å²) in [4.78, 5) is 12.6. The van der Waals surface area contributed by atoms with Gasteiger partial charge in [-0.05, 0) is 60.9 Å². The maximum absolute atomic E-state index is 12.6. The Balaban J connectivity index is 1.54. The molecule has 0 saturated heterocycles. The van der Waals surface area contributed by atoms with E-state index in [1.165, 1.54) is 11.1 Å². The van der Waals surface area contributed by atoms with Crippen LogP contribution in [0.1, 0.15) is 32.6 Å². The third kappa shape index (κ3) is 4.16. The van der Waals surface area contributed by atoms with Crippen molar-refractivity contribution in [3.63, 3.8) is 0 Å². The Hall–Kier alpha value is -2.75. The summed E-state index contributed by atoms with van der Waals surface area (Å²) in [5, 5.41) is 0.986. The van der Waals surface area contributed by atoms with E-state index in [2.05, 4.69) is 32.0 Å². The molecule has 3 aromatic carbocycles. The van der Waals surface area contributed by atoms with Crippen LogP contribution in [0.2, 0.25) is 10.0 Å². The van der Waals surface area contributed by atoms with Crippen LogP contribution >= 0.6 is 23.2 Å². The number of ketones is 1. The molecule has 3 nitrogen and oxygen atoms in total. The van der Waals surface area contributed by atoms with Crippen LogP contribution in [0.15, 0.2) is 60.4 Å². The lowest BCUT2D eigenvalue weighted by Crippen LogP contribution is -1.99. The van der Waals surface area contributed by atoms with Crippen molar-refractivity contribution >= 4 is 35.1 Å². The molecule has 0 fully saturated rings. The average molecular weight is 425 g/mol. The van der Waals surface area contributed by atoms with Gasteiger partial charge >= 0.3 is 0 Å². The number of hydrogen-bond donors (Lipinski definition) is 0. The van der Waals surface area contributed by atoms with E-state index < -0.39 is 0 Å². The summed E-state index contributed by atoms with van der Waals surface area (Å²) in [6, 6.07) is 16.6. The molecule has 0 aliphatic carbocycles. The van der Waals surface area contributed by atoms with Crippen molar-refractivity contribution in [2.75, 3.05) is 0 Å². The van der Waals surface area contributed by atoms with Gasteiger partial charge in [0, 0.05) is 16.1 Å². The Bertz CT molecular complexity index is 1150. The lowest BCUT2D eigenvalue weighted by atomic mass is 10.1. The zero-order valence-electron chi connectivity index (χ0n) is 16.0. The number of fused-ring (bicyclic) bond motifs is 1. The van der Waals surface area contributed by atoms with Gasteiger partial charge in [0.1, 0.15) is 18.1 Å². The highest BCUT2D eigenvalue weighted by Crippen LogP contribution is 2.36. The van der Waals surface area contributed by atoms with Gasteiger partial charge in [-0.3, -0.25) is 4.79 Å². The maximum Gasteiger partial charge on any atom is 0.231 e. The minimum Gasteiger partial charge on any atom is -0.489 e. The summed E-state index contributed by atoms with van der Waals surface area (Å²) in [5.41, 5.74) is 4.65. The first-order chi connectivity index (χ1) is 13.9. The quantitative estimate of drug-likeness (QED) is 0.431. The van der Waals surface area contributed by atoms with Gasteiger partial charge in [0.2, 0.25) is 5.78 Å². The zero-order valence-corrected chi connectivity index (χ0v) is 17.5. The number of rotatable bonds is 4. The molecule has 0 aromatic heterocycles. The number of aryl methyl sites for hydroxylation is 2. The van der Waals surface area contributed by atoms with Crippen LogP contribution in [0.4, 0.5) is 0 Å². The van der Waals surface area contributed by atoms with E-state index in [0.717, 1.165) is 5.56 Å². The number of Topliss-reactive ketones (excluding diaryl/α,β-unsaturated/α-hetero) is 1. The number of allylic oxidation sites excluding steroid dienone is 1. The topological polar surface area (TPSA) is 35.5 Å². The van der Waals surface area contributed by atoms with Gasteiger partial charge in [-0.25, -0.2) is 0 Å². The highest BCUT2D eigenvalue weighted by Gasteiger charge is 2.28. The van der Waals surface area contributed by atoms with Crippen LogP contribution in [0.5, 0.6) is 11.5 Å². The van der Waals surface area contributed by atoms with E-state index in [4.69, 9.17) is 32.7 Å². The highest BCUT2D eigenvalue weighted by molar-refractivity contribution is 6.35. The normalized spacial score (nSPS) is 14.1. The Morgan fingerprint density at radius 3 is 2.62 bits per heavy atom. The second kappa shape index (κ2) is 7.94. The molecule has 1 heterocycles. The Morgan fingerprint density at radius 1 is 1.00 bits per heavy atom. The van der Waals surface area contributed by atoms with E-state index in [1.807, 2.05) is 0 Å². The minimum atomic E-state index is -0.188. The van der Waals surface area contributed by atoms with Gasteiger partial charge in [0.25, 0.3) is 0 Å². The van der Waals surface area contributed by atoms with Crippen LogP contribution in [0.3, 0.4) is 0 Å². The third-order valence-corrected chi connectivity index (χ3v) is 5.35. The largest absolute Gasteiger partial charge is 0.489 e. The maximum atomic E-state index is 12.6. The predicted molar refractivity (Wildman–Crippen MR) is 116 cm³/mol. The molecule has 0 N–H and O–H groups in total. The van der Waals surface area contributed by atoms with Crippen LogP contribution < -0.4 is 9.47 Å². The van der Waals surface area contributed by atoms with Crippen LogP contribution in [-0.4, -0.2) is 5.78 Å². The summed E-state index contributed by atoms with van der Waals surface area (Å²) in [6.45, 7) is 4.56. The molecule has 0 amide bonds. The van der Waals surface area contributed by atoms with E-state index in [-0.39, 0.29) is 11.5 Å². The van der Waals surface area contributed by atoms with Gasteiger partial charge in [-0.15, -0.1) is 0 Å². The summed E-state index contributed by atoms with van der Waals surface area (Å²) >= 11 is 12.1. The Labute approximate surface area is 179 Å². The molecule has 3 aromatic rings. The van der Waals surface area contributed by atoms with E-state index in [0.29, 0.717) is 39.3 Å². The molecule has 0 saturated carbocycles. The molecular weight excluding hydrogens is 407 g/mol. The molecule has 0 radical (unpaired) electrons. The number of carbonyl (C=O) groups is 1. The van der Waals surface area contributed by atoms with Crippen molar-refractivity contribution in [1.29, 1.82) is 0 Å². The average Bonchev–Trinajstić information content (AvgIpc) is 3.00. The highest BCUT2D eigenvalue weighted by atomic mass is 35.5. The molecular formula is C24H18Cl2O3. The molecule has 29 heavy (non-hydrogen) atoms. The molecule has 0 unspecified atom stereocenters. The lowest BCUT2D eigenvalue weighted by molar-refractivity contribution is 0.101. The van der Waals surface area contributed by atoms with Crippen molar-refractivity contribution in [1.82, 2.24) is 0 Å². The fourth-order valence-electron chi connectivity index (χ4n) is 3.13. The van der Waals surface area contributed by atoms with Gasteiger partial charge in [-0.1, -0.05) is 53.0 Å². The molecule has 1 aliphatic heterocycles. The molecule has 1 aliphatic rings. The predicted octanol–water partition coefficient (Wildman–Crippen LogP) is 6.81. The third-order valence-electron chi connectivity index (χ3n) is 4.79. The number of benzene rings is 3. The molecule has 4 rings (SSSR count). The van der Waals surface area contributed by atoms with Crippen molar-refractivity contribution in [3.05, 3.63) is 98.2 Å². The second-order valence-corrected chi connectivity index (χ2v) is 7.83. The lowest BCUT2D eigenvalue weighted by Gasteiger charge is -2.10. The van der Waals surface area contributed by atoms with E-state index in [1.54, 1.807) is 42.5 Å². The first-order valence-electron chi connectivity index (χ1n) is 9.13. The number of halogens is 2. The summed E-state index contributed by atoms with van der Waals surface area (Å²) < 4.78 is 11.7. The van der Waals surface area contributed by atoms with Gasteiger partial charge in [0.05, 0.1) is 5.56 Å². The minimum absolute atomic E-state index is 0.188. The molecule has 0 atom stereocenters. The fourth-order valence-corrected chi connectivity index (χ4v) is 3.60. The SMILES string of the molecule is Cc1ccc(C)c(COc2ccc3c(c2)O/C(=C\c2ccc(Cl)cc2Cl)C3=O)c1. The number of hydrogen-bond acceptors (Lipinski definition) is 3. The van der Waals surface area contributed by atoms with Crippen molar-refractivity contribution in [2.24, 2.45) is 0 Å². The molecule has 5 heteroatoms. The van der Waals surface area contributed by atoms with Crippen molar-refractivity contribution in [2.45, 2.75) is 20.5 Å². The summed E-state index contributed by atoms with van der Waals surface area (Å²) in [6.07, 6.45) is 1.62. The standard InChI is InChI=1S/C24H18Cl2O3/c1-14-3-4-15(2)17(9-14)13-28-19-7-8-20-22(12-19)29-23(24(20)27)10-16-5-6-18(25)11-21(16)26/h3-12H,13H2,1-2H3/b23-10-. The fraction of sp³-hybridized carbons (Fsp3) is 0.125. The zero-order chi connectivity index (χ0) is 20.5. The second-order valence-electron chi connectivity index (χ2n) is 6.98. The van der Waals surface area contributed by atoms with Gasteiger partial charge in [0.15, 0.2) is 5.76 Å². The number of carbonyl (C=O) groups excluding carboxylic acids is 1. The van der Waals surface area contributed by atoms with E-state index >= 15 is 0 Å². The number of ether oxygens (including phenoxy) is 2. The van der Waals surface area contributed by atoms with E-state index in [9.17, 15) is 4.79 Å². The summed E-state index contributed by atoms with van der Waals surface area (Å²) in [7, 11) is 0. The summed E-state index contributed by atoms with van der Waals surface area (Å²) in [5.74, 6) is 1.15. The first kappa shape index (κ1) is 19.6. The van der Waals surface area contributed by atoms with Crippen LogP contribution in [-0.2, 0) is 6.61 Å². The Morgan fingerprint density at radius 2 is 1.83 bits per heavy atom. The van der Waals surface area contributed by atoms with Crippen molar-refractivity contribution in [3.8, 4) is 11.5 Å². The first-order valence-corrected chi connectivity index (χ1v) is 9.88. The van der Waals surface area contributed by atoms with Crippen LogP contribution in [0.25, 0.3) is 6.08 Å². The van der Waals surface area contributed by atoms with Gasteiger partial charge in [-0.2, -0.15) is 0 Å². The van der Waals surface area contributed by atoms with Gasteiger partial charge < -0.3 is 9.47 Å². The molecule has 146 valence electrons. The van der Waals surface area contributed by atoms with Crippen molar-refractivity contribution < 1.29 is 14.3 Å². The molecule has 0 bridgehead atoms. The Kier molecular flexibility index (Phi) is 5.35. The van der Waals surface area contributed by atoms with Crippen LogP contribution in [0, 0.1) is 13.8 Å². The molecule has 0 spiro atoms. The smallest absolute Gasteiger partial charge is 0.231 e. The monoisotopic (exact) mass is 424 g/mol.